The number of nitrogens with zero attached hydrogens (tertiary/aromatic N) is 2. The molecule has 0 aliphatic heterocycles. The largest absolute Gasteiger partial charge is 0.478 e. The molecule has 4 rings (SSSR count). The number of carboxylic acids is 1. The fourth-order valence-corrected chi connectivity index (χ4v) is 3.21. The highest BCUT2D eigenvalue weighted by molar-refractivity contribution is 6.02. The molecule has 0 unspecified atom stereocenters. The number of carbonyl (C=O) groups is 1. The molecule has 0 aliphatic carbocycles. The number of aromatic nitrogens is 2. The quantitative estimate of drug-likeness (QED) is 0.522. The van der Waals surface area contributed by atoms with E-state index in [-0.39, 0.29) is 5.56 Å². The maximum absolute atomic E-state index is 11.1. The number of pyridine rings is 2. The zero-order chi connectivity index (χ0) is 19.5. The number of rotatable bonds is 5. The van der Waals surface area contributed by atoms with Gasteiger partial charge in [0.15, 0.2) is 0 Å². The first kappa shape index (κ1) is 17.7. The first-order valence-corrected chi connectivity index (χ1v) is 8.98. The van der Waals surface area contributed by atoms with Crippen LogP contribution in [0.15, 0.2) is 73.2 Å². The van der Waals surface area contributed by atoms with Crippen molar-refractivity contribution in [1.82, 2.24) is 9.97 Å². The van der Waals surface area contributed by atoms with Crippen LogP contribution in [-0.4, -0.2) is 21.0 Å². The Labute approximate surface area is 162 Å². The highest BCUT2D eigenvalue weighted by atomic mass is 16.4. The van der Waals surface area contributed by atoms with Gasteiger partial charge in [0.05, 0.1) is 5.56 Å². The van der Waals surface area contributed by atoms with E-state index in [2.05, 4.69) is 40.4 Å². The maximum Gasteiger partial charge on any atom is 0.335 e. The molecule has 0 fully saturated rings. The molecule has 0 aliphatic rings. The lowest BCUT2D eigenvalue weighted by Gasteiger charge is -2.13. The van der Waals surface area contributed by atoms with Crippen molar-refractivity contribution in [3.8, 4) is 11.1 Å². The third-order valence-corrected chi connectivity index (χ3v) is 4.67. The second-order valence-electron chi connectivity index (χ2n) is 6.67. The molecule has 5 nitrogen and oxygen atoms in total. The van der Waals surface area contributed by atoms with E-state index in [1.807, 2.05) is 36.7 Å². The molecule has 28 heavy (non-hydrogen) atoms. The van der Waals surface area contributed by atoms with E-state index in [0.717, 1.165) is 38.8 Å². The van der Waals surface area contributed by atoms with Gasteiger partial charge >= 0.3 is 5.97 Å². The van der Waals surface area contributed by atoms with E-state index in [0.29, 0.717) is 6.54 Å². The summed E-state index contributed by atoms with van der Waals surface area (Å²) >= 11 is 0. The Morgan fingerprint density at radius 1 is 1.04 bits per heavy atom. The summed E-state index contributed by atoms with van der Waals surface area (Å²) in [5, 5.41) is 14.6. The second-order valence-corrected chi connectivity index (χ2v) is 6.67. The van der Waals surface area contributed by atoms with Gasteiger partial charge in [0.2, 0.25) is 0 Å². The Morgan fingerprint density at radius 3 is 2.57 bits per heavy atom. The number of carboxylic acid groups (broad SMARTS) is 1. The molecule has 0 amide bonds. The lowest BCUT2D eigenvalue weighted by atomic mass is 9.98. The summed E-state index contributed by atoms with van der Waals surface area (Å²) in [6.07, 6.45) is 5.42. The number of aromatic carboxylic acids is 1. The molecule has 0 spiro atoms. The molecule has 138 valence electrons. The molecule has 2 aromatic carbocycles. The van der Waals surface area contributed by atoms with Crippen LogP contribution < -0.4 is 5.32 Å². The van der Waals surface area contributed by atoms with Crippen LogP contribution in [-0.2, 0) is 6.54 Å². The number of benzene rings is 2. The van der Waals surface area contributed by atoms with Gasteiger partial charge in [0, 0.05) is 36.1 Å². The summed E-state index contributed by atoms with van der Waals surface area (Å²) in [6.45, 7) is 2.69. The monoisotopic (exact) mass is 369 g/mol. The van der Waals surface area contributed by atoms with Crippen molar-refractivity contribution in [1.29, 1.82) is 0 Å². The minimum atomic E-state index is -0.930. The number of hydrogen-bond acceptors (Lipinski definition) is 4. The van der Waals surface area contributed by atoms with E-state index in [1.165, 1.54) is 0 Å². The maximum atomic E-state index is 11.1. The van der Waals surface area contributed by atoms with Crippen molar-refractivity contribution >= 4 is 22.6 Å². The summed E-state index contributed by atoms with van der Waals surface area (Å²) in [5.74, 6) is -0.120. The Hall–Kier alpha value is -3.73. The standard InChI is InChI=1S/C23H19N3O2/c1-15-4-9-19-20(11-15)21(17-5-7-18(8-6-17)23(27)28)14-26-22(19)25-13-16-3-2-10-24-12-16/h2-12,14H,13H2,1H3,(H,25,26)(H,27,28). The molecule has 2 heterocycles. The second kappa shape index (κ2) is 7.48. The van der Waals surface area contributed by atoms with Crippen molar-refractivity contribution < 1.29 is 9.90 Å². The number of aryl methyl sites for hydroxylation is 1. The van der Waals surface area contributed by atoms with Gasteiger partial charge in [-0.25, -0.2) is 9.78 Å². The van der Waals surface area contributed by atoms with Crippen LogP contribution in [0.4, 0.5) is 5.82 Å². The number of anilines is 1. The molecule has 5 heteroatoms. The highest BCUT2D eigenvalue weighted by Gasteiger charge is 2.11. The molecule has 4 aromatic rings. The lowest BCUT2D eigenvalue weighted by Crippen LogP contribution is -2.03. The summed E-state index contributed by atoms with van der Waals surface area (Å²) < 4.78 is 0. The summed E-state index contributed by atoms with van der Waals surface area (Å²) in [6, 6.07) is 17.1. The van der Waals surface area contributed by atoms with Crippen LogP contribution in [0.3, 0.4) is 0 Å². The molecule has 0 radical (unpaired) electrons. The fourth-order valence-electron chi connectivity index (χ4n) is 3.21. The van der Waals surface area contributed by atoms with E-state index in [9.17, 15) is 4.79 Å². The van der Waals surface area contributed by atoms with Crippen molar-refractivity contribution in [3.05, 3.63) is 89.9 Å². The van der Waals surface area contributed by atoms with E-state index >= 15 is 0 Å². The smallest absolute Gasteiger partial charge is 0.335 e. The molecule has 0 atom stereocenters. The van der Waals surface area contributed by atoms with Crippen LogP contribution in [0.25, 0.3) is 21.9 Å². The fraction of sp³-hybridized carbons (Fsp3) is 0.0870. The van der Waals surface area contributed by atoms with Crippen LogP contribution in [0, 0.1) is 6.92 Å². The Kier molecular flexibility index (Phi) is 4.72. The molecule has 0 saturated heterocycles. The minimum Gasteiger partial charge on any atom is -0.478 e. The van der Waals surface area contributed by atoms with Gasteiger partial charge in [0.1, 0.15) is 5.82 Å². The predicted octanol–water partition coefficient (Wildman–Crippen LogP) is 4.92. The molecule has 2 N–H and O–H groups in total. The predicted molar refractivity (Wildman–Crippen MR) is 110 cm³/mol. The average Bonchev–Trinajstić information content (AvgIpc) is 2.72. The third kappa shape index (κ3) is 3.55. The van der Waals surface area contributed by atoms with Crippen molar-refractivity contribution in [2.45, 2.75) is 13.5 Å². The molecule has 2 aromatic heterocycles. The van der Waals surface area contributed by atoms with Gasteiger partial charge in [-0.15, -0.1) is 0 Å². The third-order valence-electron chi connectivity index (χ3n) is 4.67. The van der Waals surface area contributed by atoms with Crippen LogP contribution in [0.1, 0.15) is 21.5 Å². The van der Waals surface area contributed by atoms with Gasteiger partial charge < -0.3 is 10.4 Å². The highest BCUT2D eigenvalue weighted by Crippen LogP contribution is 2.32. The van der Waals surface area contributed by atoms with Gasteiger partial charge in [-0.05, 0) is 41.6 Å². The molecular formula is C23H19N3O2. The summed E-state index contributed by atoms with van der Waals surface area (Å²) in [4.78, 5) is 19.9. The number of hydrogen-bond donors (Lipinski definition) is 2. The van der Waals surface area contributed by atoms with Gasteiger partial charge in [-0.1, -0.05) is 42.0 Å². The molecule has 0 saturated carbocycles. The molecular weight excluding hydrogens is 350 g/mol. The first-order valence-electron chi connectivity index (χ1n) is 8.98. The van der Waals surface area contributed by atoms with Gasteiger partial charge in [-0.3, -0.25) is 4.98 Å². The SMILES string of the molecule is Cc1ccc2c(NCc3cccnc3)ncc(-c3ccc(C(=O)O)cc3)c2c1. The van der Waals surface area contributed by atoms with Crippen LogP contribution in [0.2, 0.25) is 0 Å². The zero-order valence-electron chi connectivity index (χ0n) is 15.4. The van der Waals surface area contributed by atoms with Crippen molar-refractivity contribution in [3.63, 3.8) is 0 Å². The zero-order valence-corrected chi connectivity index (χ0v) is 15.4. The topological polar surface area (TPSA) is 75.1 Å². The average molecular weight is 369 g/mol. The van der Waals surface area contributed by atoms with Crippen LogP contribution in [0.5, 0.6) is 0 Å². The minimum absolute atomic E-state index is 0.270. The number of nitrogens with one attached hydrogen (secondary N) is 1. The van der Waals surface area contributed by atoms with E-state index in [1.54, 1.807) is 18.3 Å². The molecule has 0 bridgehead atoms. The van der Waals surface area contributed by atoms with E-state index < -0.39 is 5.97 Å². The van der Waals surface area contributed by atoms with E-state index in [4.69, 9.17) is 5.11 Å². The normalized spacial score (nSPS) is 10.8. The Morgan fingerprint density at radius 2 is 1.86 bits per heavy atom. The summed E-state index contributed by atoms with van der Waals surface area (Å²) in [5.41, 5.74) is 4.42. The number of fused-ring (bicyclic) bond motifs is 1. The van der Waals surface area contributed by atoms with Crippen molar-refractivity contribution in [2.24, 2.45) is 0 Å². The first-order chi connectivity index (χ1) is 13.6. The Balaban J connectivity index is 1.74. The summed E-state index contributed by atoms with van der Waals surface area (Å²) in [7, 11) is 0. The van der Waals surface area contributed by atoms with Crippen molar-refractivity contribution in [2.75, 3.05) is 5.32 Å². The van der Waals surface area contributed by atoms with Gasteiger partial charge in [-0.2, -0.15) is 0 Å². The lowest BCUT2D eigenvalue weighted by molar-refractivity contribution is 0.0697. The Bertz CT molecular complexity index is 1140. The van der Waals surface area contributed by atoms with Gasteiger partial charge in [0.25, 0.3) is 0 Å². The van der Waals surface area contributed by atoms with Crippen LogP contribution >= 0.6 is 0 Å².